The van der Waals surface area contributed by atoms with Gasteiger partial charge in [0.15, 0.2) is 5.40 Å². The Morgan fingerprint density at radius 2 is 1.40 bits per heavy atom. The Kier molecular flexibility index (Phi) is 11.2. The van der Waals surface area contributed by atoms with Crippen LogP contribution in [0.15, 0.2) is 42.5 Å². The summed E-state index contributed by atoms with van der Waals surface area (Å²) in [5, 5.41) is -1.64. The first kappa shape index (κ1) is 35.1. The van der Waals surface area contributed by atoms with E-state index in [2.05, 4.69) is 0 Å². The zero-order valence-electron chi connectivity index (χ0n) is 26.0. The standard InChI is InChI=1S/C30H42FNO9P2/c1-9-37-42(35,38-10-2)26(43(36,39-11-3)40-12-4)20-30(23-16-14-13-15-21(23)5)24-19-22(31)17-18-25(24)32(27(30)33)28(34)41-29(6,7)8/h13-19,26H,9-12,20H2,1-8H3/t30-/m1/s1. The van der Waals surface area contributed by atoms with Crippen molar-refractivity contribution in [1.82, 2.24) is 0 Å². The second-order valence-corrected chi connectivity index (χ2v) is 15.8. The van der Waals surface area contributed by atoms with Crippen LogP contribution >= 0.6 is 15.2 Å². The van der Waals surface area contributed by atoms with Gasteiger partial charge in [-0.2, -0.15) is 0 Å². The summed E-state index contributed by atoms with van der Waals surface area (Å²) in [6.45, 7) is 12.8. The zero-order chi connectivity index (χ0) is 32.2. The number of fused-ring (bicyclic) bond motifs is 1. The quantitative estimate of drug-likeness (QED) is 0.201. The molecule has 238 valence electrons. The van der Waals surface area contributed by atoms with E-state index < -0.39 is 55.8 Å². The molecule has 0 N–H and O–H groups in total. The summed E-state index contributed by atoms with van der Waals surface area (Å²) < 4.78 is 72.6. The number of anilines is 1. The van der Waals surface area contributed by atoms with Crippen LogP contribution < -0.4 is 4.90 Å². The SMILES string of the molecule is CCOP(=O)(OCC)C(C[C@]1(c2ccccc2C)C(=O)N(C(=O)OC(C)(C)C)c2ccc(F)cc21)P(=O)(OCC)OCC. The van der Waals surface area contributed by atoms with Crippen LogP contribution in [0, 0.1) is 12.7 Å². The van der Waals surface area contributed by atoms with Gasteiger partial charge in [-0.05, 0) is 96.7 Å². The zero-order valence-corrected chi connectivity index (χ0v) is 27.8. The van der Waals surface area contributed by atoms with Crippen LogP contribution in [0.2, 0.25) is 0 Å². The highest BCUT2D eigenvalue weighted by atomic mass is 31.2. The molecular weight excluding hydrogens is 599 g/mol. The Labute approximate surface area is 253 Å². The van der Waals surface area contributed by atoms with Crippen molar-refractivity contribution in [3.63, 3.8) is 0 Å². The monoisotopic (exact) mass is 641 g/mol. The molecule has 0 saturated carbocycles. The number of halogens is 1. The predicted octanol–water partition coefficient (Wildman–Crippen LogP) is 7.95. The lowest BCUT2D eigenvalue weighted by Gasteiger charge is -2.38. The molecule has 1 aliphatic heterocycles. The van der Waals surface area contributed by atoms with E-state index in [1.54, 1.807) is 79.7 Å². The second kappa shape index (κ2) is 13.7. The lowest BCUT2D eigenvalue weighted by molar-refractivity contribution is -0.121. The highest BCUT2D eigenvalue weighted by Crippen LogP contribution is 2.73. The van der Waals surface area contributed by atoms with Gasteiger partial charge in [-0.15, -0.1) is 0 Å². The molecule has 1 heterocycles. The summed E-state index contributed by atoms with van der Waals surface area (Å²) >= 11 is 0. The number of ether oxygens (including phenoxy) is 1. The number of rotatable bonds is 13. The first-order valence-corrected chi connectivity index (χ1v) is 17.6. The summed E-state index contributed by atoms with van der Waals surface area (Å²) in [5.41, 5.74) is -1.71. The molecule has 2 aromatic rings. The second-order valence-electron chi connectivity index (χ2n) is 10.9. The molecule has 0 fully saturated rings. The molecule has 0 aliphatic carbocycles. The van der Waals surface area contributed by atoms with Crippen molar-refractivity contribution < 1.29 is 45.9 Å². The number of hydrogen-bond donors (Lipinski definition) is 0. The van der Waals surface area contributed by atoms with Crippen molar-refractivity contribution in [2.24, 2.45) is 0 Å². The Morgan fingerprint density at radius 1 is 0.884 bits per heavy atom. The normalized spacial score (nSPS) is 17.4. The van der Waals surface area contributed by atoms with E-state index in [1.807, 2.05) is 0 Å². The van der Waals surface area contributed by atoms with Gasteiger partial charge in [-0.25, -0.2) is 14.1 Å². The first-order valence-electron chi connectivity index (χ1n) is 14.3. The van der Waals surface area contributed by atoms with Gasteiger partial charge in [0.25, 0.3) is 5.91 Å². The van der Waals surface area contributed by atoms with Crippen LogP contribution in [0.3, 0.4) is 0 Å². The van der Waals surface area contributed by atoms with Gasteiger partial charge >= 0.3 is 21.3 Å². The lowest BCUT2D eigenvalue weighted by Crippen LogP contribution is -2.47. The lowest BCUT2D eigenvalue weighted by atomic mass is 9.71. The molecule has 0 aromatic heterocycles. The van der Waals surface area contributed by atoms with Crippen LogP contribution in [0.1, 0.15) is 71.6 Å². The van der Waals surface area contributed by atoms with Gasteiger partial charge in [0.05, 0.1) is 32.1 Å². The molecule has 0 spiro atoms. The van der Waals surface area contributed by atoms with Crippen molar-refractivity contribution in [2.45, 2.75) is 78.2 Å². The molecule has 0 saturated heterocycles. The Balaban J connectivity index is 2.47. The van der Waals surface area contributed by atoms with E-state index in [-0.39, 0.29) is 37.7 Å². The van der Waals surface area contributed by atoms with Crippen molar-refractivity contribution >= 4 is 32.9 Å². The van der Waals surface area contributed by atoms with Crippen molar-refractivity contribution in [3.8, 4) is 0 Å². The average molecular weight is 642 g/mol. The molecule has 13 heteroatoms. The van der Waals surface area contributed by atoms with Gasteiger partial charge in [0.1, 0.15) is 16.8 Å². The average Bonchev–Trinajstić information content (AvgIpc) is 3.14. The van der Waals surface area contributed by atoms with E-state index >= 15 is 4.39 Å². The van der Waals surface area contributed by atoms with Crippen molar-refractivity contribution in [2.75, 3.05) is 31.3 Å². The third-order valence-electron chi connectivity index (χ3n) is 6.86. The highest BCUT2D eigenvalue weighted by molar-refractivity contribution is 7.72. The maximum absolute atomic E-state index is 15.1. The number of hydrogen-bond acceptors (Lipinski definition) is 9. The van der Waals surface area contributed by atoms with Gasteiger partial charge in [0.2, 0.25) is 0 Å². The smallest absolute Gasteiger partial charge is 0.421 e. The van der Waals surface area contributed by atoms with Gasteiger partial charge in [0, 0.05) is 0 Å². The molecule has 0 radical (unpaired) electrons. The highest BCUT2D eigenvalue weighted by Gasteiger charge is 2.62. The molecule has 0 unspecified atom stereocenters. The molecular formula is C30H42FNO9P2. The topological polar surface area (TPSA) is 118 Å². The minimum atomic E-state index is -4.36. The summed E-state index contributed by atoms with van der Waals surface area (Å²) in [7, 11) is -8.72. The molecule has 2 amide bonds. The van der Waals surface area contributed by atoms with E-state index in [9.17, 15) is 18.7 Å². The first-order chi connectivity index (χ1) is 20.1. The Morgan fingerprint density at radius 3 is 1.86 bits per heavy atom. The number of benzene rings is 2. The number of imide groups is 1. The van der Waals surface area contributed by atoms with Crippen LogP contribution in [-0.4, -0.2) is 49.4 Å². The fraction of sp³-hybridized carbons (Fsp3) is 0.533. The minimum Gasteiger partial charge on any atom is -0.443 e. The molecule has 0 bridgehead atoms. The fourth-order valence-corrected chi connectivity index (χ4v) is 10.8. The summed E-state index contributed by atoms with van der Waals surface area (Å²) in [6, 6.07) is 10.5. The molecule has 1 atom stereocenters. The van der Waals surface area contributed by atoms with Gasteiger partial charge in [-0.1, -0.05) is 24.3 Å². The van der Waals surface area contributed by atoms with Crippen LogP contribution in [0.5, 0.6) is 0 Å². The Hall–Kier alpha value is -2.39. The maximum Gasteiger partial charge on any atom is 0.421 e. The fourth-order valence-electron chi connectivity index (χ4n) is 5.38. The third kappa shape index (κ3) is 6.98. The minimum absolute atomic E-state index is 0.0768. The van der Waals surface area contributed by atoms with Gasteiger partial charge in [-0.3, -0.25) is 13.9 Å². The molecule has 43 heavy (non-hydrogen) atoms. The summed E-state index contributed by atoms with van der Waals surface area (Å²) in [6.07, 6.45) is -1.51. The third-order valence-corrected chi connectivity index (χ3v) is 12.9. The van der Waals surface area contributed by atoms with E-state index in [0.717, 1.165) is 17.0 Å². The van der Waals surface area contributed by atoms with Crippen LogP contribution in [0.4, 0.5) is 14.9 Å². The predicted molar refractivity (Wildman–Crippen MR) is 162 cm³/mol. The van der Waals surface area contributed by atoms with E-state index in [0.29, 0.717) is 11.1 Å². The number of amides is 2. The number of aryl methyl sites for hydroxylation is 1. The number of nitrogens with zero attached hydrogens (tertiary/aromatic N) is 1. The van der Waals surface area contributed by atoms with Gasteiger partial charge < -0.3 is 22.8 Å². The van der Waals surface area contributed by atoms with E-state index in [4.69, 9.17) is 22.8 Å². The van der Waals surface area contributed by atoms with Crippen molar-refractivity contribution in [3.05, 3.63) is 65.0 Å². The largest absolute Gasteiger partial charge is 0.443 e. The van der Waals surface area contributed by atoms with Crippen LogP contribution in [-0.2, 0) is 42.2 Å². The summed E-state index contributed by atoms with van der Waals surface area (Å²) in [5.74, 6) is -1.48. The van der Waals surface area contributed by atoms with Crippen LogP contribution in [0.25, 0.3) is 0 Å². The number of carbonyl (C=O) groups is 2. The van der Waals surface area contributed by atoms with E-state index in [1.165, 1.54) is 6.07 Å². The number of carbonyl (C=O) groups excluding carboxylic acids is 2. The molecule has 10 nitrogen and oxygen atoms in total. The maximum atomic E-state index is 15.1. The summed E-state index contributed by atoms with van der Waals surface area (Å²) in [4.78, 5) is 29.3. The Bertz CT molecular complexity index is 1380. The molecule has 1 aliphatic rings. The van der Waals surface area contributed by atoms with Crippen molar-refractivity contribution in [1.29, 1.82) is 0 Å². The molecule has 2 aromatic carbocycles. The molecule has 3 rings (SSSR count).